The Morgan fingerprint density at radius 1 is 1.03 bits per heavy atom. The minimum atomic E-state index is -0.943. The molecule has 0 aliphatic heterocycles. The van der Waals surface area contributed by atoms with E-state index in [0.29, 0.717) is 17.9 Å². The van der Waals surface area contributed by atoms with Gasteiger partial charge in [-0.1, -0.05) is 43.2 Å². The van der Waals surface area contributed by atoms with Crippen LogP contribution in [0.4, 0.5) is 0 Å². The van der Waals surface area contributed by atoms with Crippen molar-refractivity contribution in [2.24, 2.45) is 0 Å². The third-order valence-electron chi connectivity index (χ3n) is 6.24. The molecule has 35 heavy (non-hydrogen) atoms. The summed E-state index contributed by atoms with van der Waals surface area (Å²) in [6.07, 6.45) is 5.94. The van der Waals surface area contributed by atoms with Crippen LogP contribution < -0.4 is 10.6 Å². The molecule has 2 aromatic heterocycles. The Morgan fingerprint density at radius 2 is 1.80 bits per heavy atom. The average Bonchev–Trinajstić information content (AvgIpc) is 3.64. The zero-order valence-electron chi connectivity index (χ0n) is 19.9. The van der Waals surface area contributed by atoms with Crippen molar-refractivity contribution in [2.45, 2.75) is 51.1 Å². The van der Waals surface area contributed by atoms with Crippen molar-refractivity contribution >= 4 is 17.7 Å². The summed E-state index contributed by atoms with van der Waals surface area (Å²) in [6.45, 7) is 1.80. The number of hydrogen-bond donors (Lipinski definition) is 2. The maximum absolute atomic E-state index is 13.5. The van der Waals surface area contributed by atoms with Crippen LogP contribution in [-0.2, 0) is 16.0 Å². The highest BCUT2D eigenvalue weighted by atomic mass is 16.3. The van der Waals surface area contributed by atoms with Gasteiger partial charge >= 0.3 is 0 Å². The lowest BCUT2D eigenvalue weighted by Crippen LogP contribution is -2.49. The number of nitrogens with zero attached hydrogens (tertiary/aromatic N) is 1. The minimum absolute atomic E-state index is 0.0887. The van der Waals surface area contributed by atoms with E-state index < -0.39 is 11.9 Å². The van der Waals surface area contributed by atoms with Crippen molar-refractivity contribution in [3.63, 3.8) is 0 Å². The van der Waals surface area contributed by atoms with E-state index in [2.05, 4.69) is 10.6 Å². The Bertz CT molecular complexity index is 1120. The summed E-state index contributed by atoms with van der Waals surface area (Å²) in [4.78, 5) is 40.8. The first kappa shape index (κ1) is 24.3. The van der Waals surface area contributed by atoms with Gasteiger partial charge < -0.3 is 24.4 Å². The molecule has 3 aromatic rings. The topological polar surface area (TPSA) is 105 Å². The van der Waals surface area contributed by atoms with Crippen molar-refractivity contribution in [1.82, 2.24) is 15.5 Å². The van der Waals surface area contributed by atoms with Crippen LogP contribution in [0.2, 0.25) is 0 Å². The minimum Gasteiger partial charge on any atom is -0.464 e. The highest BCUT2D eigenvalue weighted by Crippen LogP contribution is 2.26. The van der Waals surface area contributed by atoms with Gasteiger partial charge in [0.1, 0.15) is 11.5 Å². The van der Waals surface area contributed by atoms with Crippen LogP contribution in [0.15, 0.2) is 69.7 Å². The third kappa shape index (κ3) is 6.41. The molecule has 0 saturated heterocycles. The van der Waals surface area contributed by atoms with Crippen LogP contribution >= 0.6 is 0 Å². The van der Waals surface area contributed by atoms with E-state index in [0.717, 1.165) is 31.2 Å². The summed E-state index contributed by atoms with van der Waals surface area (Å²) in [6, 6.07) is 15.5. The molecular weight excluding hydrogens is 446 g/mol. The quantitative estimate of drug-likeness (QED) is 0.462. The second-order valence-corrected chi connectivity index (χ2v) is 8.82. The van der Waals surface area contributed by atoms with Gasteiger partial charge in [0.05, 0.1) is 12.8 Å². The fourth-order valence-corrected chi connectivity index (χ4v) is 4.42. The Kier molecular flexibility index (Phi) is 8.03. The molecule has 2 heterocycles. The number of amides is 3. The van der Waals surface area contributed by atoms with Crippen molar-refractivity contribution in [3.05, 3.63) is 83.7 Å². The monoisotopic (exact) mass is 477 g/mol. The first-order chi connectivity index (χ1) is 17.0. The van der Waals surface area contributed by atoms with E-state index in [4.69, 9.17) is 8.83 Å². The fourth-order valence-electron chi connectivity index (χ4n) is 4.42. The fraction of sp³-hybridized carbons (Fsp3) is 0.370. The standard InChI is InChI=1S/C27H31N3O5/c1-19-13-14-22(35-19)25(27(33)29-21-10-5-6-11-21)30(16-15-20-8-3-2-4-9-20)24(31)18-28-26(32)23-12-7-17-34-23/h2-4,7-9,12-14,17,21,25H,5-6,10-11,15-16,18H2,1H3,(H,28,32)(H,29,33). The predicted octanol–water partition coefficient (Wildman–Crippen LogP) is 3.78. The zero-order valence-corrected chi connectivity index (χ0v) is 19.9. The van der Waals surface area contributed by atoms with E-state index >= 15 is 0 Å². The van der Waals surface area contributed by atoms with Gasteiger partial charge in [-0.05, 0) is 56.0 Å². The number of hydrogen-bond acceptors (Lipinski definition) is 5. The van der Waals surface area contributed by atoms with E-state index in [1.165, 1.54) is 17.2 Å². The van der Waals surface area contributed by atoms with Gasteiger partial charge in [-0.25, -0.2) is 0 Å². The summed E-state index contributed by atoms with van der Waals surface area (Å²) >= 11 is 0. The van der Waals surface area contributed by atoms with Crippen LogP contribution in [-0.4, -0.2) is 41.8 Å². The molecule has 0 radical (unpaired) electrons. The van der Waals surface area contributed by atoms with Gasteiger partial charge in [-0.2, -0.15) is 0 Å². The maximum Gasteiger partial charge on any atom is 0.287 e. The number of furan rings is 2. The van der Waals surface area contributed by atoms with Crippen LogP contribution in [0.3, 0.4) is 0 Å². The second kappa shape index (κ2) is 11.6. The van der Waals surface area contributed by atoms with Gasteiger partial charge in [0, 0.05) is 12.6 Å². The smallest absolute Gasteiger partial charge is 0.287 e. The molecule has 0 spiro atoms. The largest absolute Gasteiger partial charge is 0.464 e. The molecule has 1 aliphatic rings. The molecule has 1 fully saturated rings. The van der Waals surface area contributed by atoms with E-state index in [-0.39, 0.29) is 36.7 Å². The van der Waals surface area contributed by atoms with Crippen LogP contribution in [0.1, 0.15) is 59.4 Å². The van der Waals surface area contributed by atoms with Gasteiger partial charge in [0.2, 0.25) is 5.91 Å². The SMILES string of the molecule is Cc1ccc(C(C(=O)NC2CCCC2)N(CCc2ccccc2)C(=O)CNC(=O)c2ccco2)o1. The highest BCUT2D eigenvalue weighted by Gasteiger charge is 2.35. The van der Waals surface area contributed by atoms with E-state index in [1.54, 1.807) is 25.1 Å². The third-order valence-corrected chi connectivity index (χ3v) is 6.24. The zero-order chi connectivity index (χ0) is 24.6. The average molecular weight is 478 g/mol. The van der Waals surface area contributed by atoms with Crippen molar-refractivity contribution in [2.75, 3.05) is 13.1 Å². The summed E-state index contributed by atoms with van der Waals surface area (Å²) in [5.41, 5.74) is 1.04. The van der Waals surface area contributed by atoms with Crippen LogP contribution in [0, 0.1) is 6.92 Å². The number of aryl methyl sites for hydroxylation is 1. The van der Waals surface area contributed by atoms with Gasteiger partial charge in [-0.3, -0.25) is 14.4 Å². The summed E-state index contributed by atoms with van der Waals surface area (Å²) in [5, 5.41) is 5.71. The van der Waals surface area contributed by atoms with Crippen molar-refractivity contribution < 1.29 is 23.2 Å². The van der Waals surface area contributed by atoms with Crippen molar-refractivity contribution in [1.29, 1.82) is 0 Å². The number of benzene rings is 1. The Hall–Kier alpha value is -3.81. The summed E-state index contributed by atoms with van der Waals surface area (Å²) in [7, 11) is 0. The molecule has 1 unspecified atom stereocenters. The Balaban J connectivity index is 1.57. The Morgan fingerprint density at radius 3 is 2.46 bits per heavy atom. The molecule has 1 atom stereocenters. The summed E-state index contributed by atoms with van der Waals surface area (Å²) in [5.74, 6) is 0.0153. The first-order valence-corrected chi connectivity index (χ1v) is 12.0. The molecule has 2 N–H and O–H groups in total. The number of rotatable bonds is 10. The molecule has 1 aliphatic carbocycles. The Labute approximate surface area is 204 Å². The van der Waals surface area contributed by atoms with Crippen molar-refractivity contribution in [3.8, 4) is 0 Å². The van der Waals surface area contributed by atoms with Crippen LogP contribution in [0.5, 0.6) is 0 Å². The highest BCUT2D eigenvalue weighted by molar-refractivity contribution is 5.95. The van der Waals surface area contributed by atoms with Crippen LogP contribution in [0.25, 0.3) is 0 Å². The molecule has 8 nitrogen and oxygen atoms in total. The van der Waals surface area contributed by atoms with Gasteiger partial charge in [0.25, 0.3) is 11.8 Å². The maximum atomic E-state index is 13.5. The molecule has 4 rings (SSSR count). The summed E-state index contributed by atoms with van der Waals surface area (Å²) < 4.78 is 11.0. The first-order valence-electron chi connectivity index (χ1n) is 12.0. The number of carbonyl (C=O) groups excluding carboxylic acids is 3. The molecule has 1 aromatic carbocycles. The molecule has 1 saturated carbocycles. The van der Waals surface area contributed by atoms with E-state index in [9.17, 15) is 14.4 Å². The van der Waals surface area contributed by atoms with Gasteiger partial charge in [0.15, 0.2) is 11.8 Å². The van der Waals surface area contributed by atoms with Gasteiger partial charge in [-0.15, -0.1) is 0 Å². The lowest BCUT2D eigenvalue weighted by molar-refractivity contribution is -0.141. The molecule has 3 amide bonds. The lowest BCUT2D eigenvalue weighted by atomic mass is 10.1. The second-order valence-electron chi connectivity index (χ2n) is 8.82. The van der Waals surface area contributed by atoms with E-state index in [1.807, 2.05) is 30.3 Å². The molecule has 184 valence electrons. The molecule has 8 heteroatoms. The lowest BCUT2D eigenvalue weighted by Gasteiger charge is -2.31. The number of nitrogens with one attached hydrogen (secondary N) is 2. The normalized spacial score (nSPS) is 14.4. The molecular formula is C27H31N3O5. The number of carbonyl (C=O) groups is 3. The predicted molar refractivity (Wildman–Crippen MR) is 129 cm³/mol. The molecule has 0 bridgehead atoms.